The predicted molar refractivity (Wildman–Crippen MR) is 70.0 cm³/mol. The van der Waals surface area contributed by atoms with Gasteiger partial charge in [-0.2, -0.15) is 0 Å². The number of hydrogen-bond acceptors (Lipinski definition) is 3. The molecule has 2 aromatic rings. The highest BCUT2D eigenvalue weighted by Gasteiger charge is 2.06. The van der Waals surface area contributed by atoms with Gasteiger partial charge in [-0.15, -0.1) is 0 Å². The third-order valence-corrected chi connectivity index (χ3v) is 2.62. The van der Waals surface area contributed by atoms with E-state index in [0.717, 1.165) is 11.3 Å². The lowest BCUT2D eigenvalue weighted by molar-refractivity contribution is -0.121. The zero-order valence-electron chi connectivity index (χ0n) is 10.7. The molecule has 1 atom stereocenters. The van der Waals surface area contributed by atoms with Crippen LogP contribution in [0.25, 0.3) is 5.65 Å². The third-order valence-electron chi connectivity index (χ3n) is 2.62. The summed E-state index contributed by atoms with van der Waals surface area (Å²) < 4.78 is 1.96. The minimum absolute atomic E-state index is 0.0433. The lowest BCUT2D eigenvalue weighted by Crippen LogP contribution is -2.29. The van der Waals surface area contributed by atoms with Gasteiger partial charge in [0, 0.05) is 24.9 Å². The van der Waals surface area contributed by atoms with Crippen LogP contribution in [0.15, 0.2) is 24.5 Å². The second kappa shape index (κ2) is 5.18. The number of aryl methyl sites for hydroxylation is 1. The van der Waals surface area contributed by atoms with Gasteiger partial charge in [0.1, 0.15) is 5.65 Å². The van der Waals surface area contributed by atoms with Crippen LogP contribution in [0.5, 0.6) is 0 Å². The van der Waals surface area contributed by atoms with Gasteiger partial charge in [-0.25, -0.2) is 4.98 Å². The predicted octanol–water partition coefficient (Wildman–Crippen LogP) is 0.996. The molecule has 5 nitrogen and oxygen atoms in total. The zero-order valence-corrected chi connectivity index (χ0v) is 10.7. The van der Waals surface area contributed by atoms with Crippen molar-refractivity contribution in [3.63, 3.8) is 0 Å². The fourth-order valence-electron chi connectivity index (χ4n) is 1.79. The Morgan fingerprint density at radius 1 is 1.50 bits per heavy atom. The molecule has 0 saturated carbocycles. The molecule has 1 unspecified atom stereocenters. The Labute approximate surface area is 106 Å². The molecule has 0 saturated heterocycles. The smallest absolute Gasteiger partial charge is 0.221 e. The second-order valence-electron chi connectivity index (χ2n) is 4.66. The van der Waals surface area contributed by atoms with Crippen molar-refractivity contribution in [3.05, 3.63) is 35.8 Å². The standard InChI is InChI=1S/C13H18N4O/c1-9-3-4-12-16-11(8-17(12)7-9)6-15-13(18)5-10(2)14/h3-4,7-8,10H,5-6,14H2,1-2H3,(H,15,18). The van der Waals surface area contributed by atoms with Crippen LogP contribution in [0.2, 0.25) is 0 Å². The number of imidazole rings is 1. The van der Waals surface area contributed by atoms with E-state index in [1.807, 2.05) is 42.8 Å². The molecule has 2 rings (SSSR count). The average Bonchev–Trinajstić information content (AvgIpc) is 2.67. The number of rotatable bonds is 4. The summed E-state index contributed by atoms with van der Waals surface area (Å²) in [4.78, 5) is 15.9. The van der Waals surface area contributed by atoms with E-state index in [1.165, 1.54) is 5.56 Å². The molecule has 0 spiro atoms. The molecule has 0 aliphatic heterocycles. The van der Waals surface area contributed by atoms with Crippen molar-refractivity contribution < 1.29 is 4.79 Å². The molecule has 18 heavy (non-hydrogen) atoms. The molecule has 5 heteroatoms. The van der Waals surface area contributed by atoms with Crippen molar-refractivity contribution in [3.8, 4) is 0 Å². The van der Waals surface area contributed by atoms with Gasteiger partial charge in [0.15, 0.2) is 0 Å². The molecule has 0 radical (unpaired) electrons. The van der Waals surface area contributed by atoms with Gasteiger partial charge in [0.05, 0.1) is 12.2 Å². The van der Waals surface area contributed by atoms with Crippen LogP contribution in [0.4, 0.5) is 0 Å². The topological polar surface area (TPSA) is 72.4 Å². The molecule has 0 aromatic carbocycles. The minimum Gasteiger partial charge on any atom is -0.350 e. The van der Waals surface area contributed by atoms with E-state index in [2.05, 4.69) is 10.3 Å². The van der Waals surface area contributed by atoms with Crippen molar-refractivity contribution in [2.24, 2.45) is 5.73 Å². The Bertz CT molecular complexity index is 559. The highest BCUT2D eigenvalue weighted by Crippen LogP contribution is 2.07. The number of nitrogens with one attached hydrogen (secondary N) is 1. The van der Waals surface area contributed by atoms with Gasteiger partial charge >= 0.3 is 0 Å². The first-order chi connectivity index (χ1) is 8.54. The van der Waals surface area contributed by atoms with Crippen molar-refractivity contribution in [1.82, 2.24) is 14.7 Å². The molecule has 0 fully saturated rings. The SMILES string of the molecule is Cc1ccc2nc(CNC(=O)CC(C)N)cn2c1. The molecular weight excluding hydrogens is 228 g/mol. The van der Waals surface area contributed by atoms with E-state index in [4.69, 9.17) is 5.73 Å². The van der Waals surface area contributed by atoms with E-state index >= 15 is 0 Å². The number of hydrogen-bond donors (Lipinski definition) is 2. The summed E-state index contributed by atoms with van der Waals surface area (Å²) in [5, 5.41) is 2.81. The summed E-state index contributed by atoms with van der Waals surface area (Å²) in [5.74, 6) is -0.0433. The summed E-state index contributed by atoms with van der Waals surface area (Å²) in [6, 6.07) is 3.86. The molecule has 1 amide bonds. The number of amides is 1. The van der Waals surface area contributed by atoms with Crippen LogP contribution in [-0.2, 0) is 11.3 Å². The van der Waals surface area contributed by atoms with Crippen LogP contribution in [-0.4, -0.2) is 21.3 Å². The summed E-state index contributed by atoms with van der Waals surface area (Å²) in [6.45, 7) is 4.28. The summed E-state index contributed by atoms with van der Waals surface area (Å²) >= 11 is 0. The fourth-order valence-corrected chi connectivity index (χ4v) is 1.79. The van der Waals surface area contributed by atoms with Crippen LogP contribution in [0.1, 0.15) is 24.6 Å². The van der Waals surface area contributed by atoms with E-state index in [0.29, 0.717) is 13.0 Å². The summed E-state index contributed by atoms with van der Waals surface area (Å²) in [6.07, 6.45) is 4.27. The Balaban J connectivity index is 2.02. The molecule has 0 aliphatic carbocycles. The third kappa shape index (κ3) is 3.07. The monoisotopic (exact) mass is 246 g/mol. The maximum Gasteiger partial charge on any atom is 0.221 e. The number of aromatic nitrogens is 2. The van der Waals surface area contributed by atoms with Gasteiger partial charge in [-0.3, -0.25) is 4.79 Å². The largest absolute Gasteiger partial charge is 0.350 e. The minimum atomic E-state index is -0.117. The fraction of sp³-hybridized carbons (Fsp3) is 0.385. The van der Waals surface area contributed by atoms with Crippen LogP contribution in [0.3, 0.4) is 0 Å². The molecule has 0 aliphatic rings. The van der Waals surface area contributed by atoms with E-state index in [9.17, 15) is 4.79 Å². The van der Waals surface area contributed by atoms with Crippen molar-refractivity contribution in [2.75, 3.05) is 0 Å². The number of carbonyl (C=O) groups excluding carboxylic acids is 1. The summed E-state index contributed by atoms with van der Waals surface area (Å²) in [5.41, 5.74) is 8.47. The molecule has 96 valence electrons. The Hall–Kier alpha value is -1.88. The van der Waals surface area contributed by atoms with E-state index in [1.54, 1.807) is 0 Å². The highest BCUT2D eigenvalue weighted by atomic mass is 16.1. The van der Waals surface area contributed by atoms with Crippen LogP contribution in [0, 0.1) is 6.92 Å². The first-order valence-corrected chi connectivity index (χ1v) is 6.01. The van der Waals surface area contributed by atoms with Crippen LogP contribution >= 0.6 is 0 Å². The van der Waals surface area contributed by atoms with Gasteiger partial charge in [-0.05, 0) is 25.5 Å². The normalized spacial score (nSPS) is 12.6. The Morgan fingerprint density at radius 2 is 2.28 bits per heavy atom. The Kier molecular flexibility index (Phi) is 3.62. The number of fused-ring (bicyclic) bond motifs is 1. The number of carbonyl (C=O) groups is 1. The zero-order chi connectivity index (χ0) is 13.1. The first kappa shape index (κ1) is 12.6. The lowest BCUT2D eigenvalue weighted by atomic mass is 10.2. The van der Waals surface area contributed by atoms with Crippen molar-refractivity contribution >= 4 is 11.6 Å². The van der Waals surface area contributed by atoms with Crippen LogP contribution < -0.4 is 11.1 Å². The molecular formula is C13H18N4O. The van der Waals surface area contributed by atoms with Gasteiger partial charge < -0.3 is 15.5 Å². The van der Waals surface area contributed by atoms with Gasteiger partial charge in [0.25, 0.3) is 0 Å². The maximum absolute atomic E-state index is 11.5. The van der Waals surface area contributed by atoms with Crippen molar-refractivity contribution in [1.29, 1.82) is 0 Å². The first-order valence-electron chi connectivity index (χ1n) is 6.01. The molecule has 2 aromatic heterocycles. The molecule has 2 heterocycles. The lowest BCUT2D eigenvalue weighted by Gasteiger charge is -2.05. The maximum atomic E-state index is 11.5. The number of nitrogens with two attached hydrogens (primary N) is 1. The molecule has 3 N–H and O–H groups in total. The second-order valence-corrected chi connectivity index (χ2v) is 4.66. The quantitative estimate of drug-likeness (QED) is 0.845. The number of pyridine rings is 1. The molecule has 0 bridgehead atoms. The summed E-state index contributed by atoms with van der Waals surface area (Å²) in [7, 11) is 0. The van der Waals surface area contributed by atoms with Crippen molar-refractivity contribution in [2.45, 2.75) is 32.9 Å². The van der Waals surface area contributed by atoms with Gasteiger partial charge in [-0.1, -0.05) is 6.07 Å². The van der Waals surface area contributed by atoms with E-state index in [-0.39, 0.29) is 11.9 Å². The number of nitrogens with zero attached hydrogens (tertiary/aromatic N) is 2. The van der Waals surface area contributed by atoms with E-state index < -0.39 is 0 Å². The average molecular weight is 246 g/mol. The Morgan fingerprint density at radius 3 is 3.00 bits per heavy atom. The highest BCUT2D eigenvalue weighted by molar-refractivity contribution is 5.76. The van der Waals surface area contributed by atoms with Gasteiger partial charge in [0.2, 0.25) is 5.91 Å².